The predicted octanol–water partition coefficient (Wildman–Crippen LogP) is 2.60. The van der Waals surface area contributed by atoms with Crippen LogP contribution >= 0.6 is 0 Å². The van der Waals surface area contributed by atoms with Crippen LogP contribution < -0.4 is 0 Å². The minimum atomic E-state index is 0.375. The Morgan fingerprint density at radius 1 is 1.55 bits per heavy atom. The first-order valence-corrected chi connectivity index (χ1v) is 3.85. The lowest BCUT2D eigenvalue weighted by Gasteiger charge is -2.16. The molecule has 2 nitrogen and oxygen atoms in total. The summed E-state index contributed by atoms with van der Waals surface area (Å²) < 4.78 is 10.2. The minimum absolute atomic E-state index is 0.375. The summed E-state index contributed by atoms with van der Waals surface area (Å²) in [5.74, 6) is 1.26. The van der Waals surface area contributed by atoms with Crippen LogP contribution in [0, 0.1) is 12.3 Å². The van der Waals surface area contributed by atoms with E-state index in [1.807, 2.05) is 6.92 Å². The first-order chi connectivity index (χ1) is 5.38. The lowest BCUT2D eigenvalue weighted by Crippen LogP contribution is -2.05. The Labute approximate surface area is 67.5 Å². The van der Waals surface area contributed by atoms with E-state index in [0.29, 0.717) is 5.92 Å². The lowest BCUT2D eigenvalue weighted by molar-refractivity contribution is 0.225. The highest BCUT2D eigenvalue weighted by Gasteiger charge is 2.12. The molecule has 1 unspecified atom stereocenters. The molecule has 1 heterocycles. The maximum absolute atomic E-state index is 5.25. The van der Waals surface area contributed by atoms with Gasteiger partial charge in [-0.15, -0.1) is 0 Å². The third kappa shape index (κ3) is 2.00. The number of rotatable bonds is 3. The molecular formula is C9H13O2. The van der Waals surface area contributed by atoms with Crippen LogP contribution in [0.3, 0.4) is 0 Å². The van der Waals surface area contributed by atoms with E-state index in [1.54, 1.807) is 12.5 Å². The van der Waals surface area contributed by atoms with Crippen molar-refractivity contribution < 1.29 is 9.47 Å². The lowest BCUT2D eigenvalue weighted by atomic mass is 10.0. The van der Waals surface area contributed by atoms with Crippen molar-refractivity contribution in [2.75, 3.05) is 0 Å². The van der Waals surface area contributed by atoms with Gasteiger partial charge in [0.25, 0.3) is 0 Å². The maximum Gasteiger partial charge on any atom is 0.142 e. The molecule has 0 N–H and O–H groups in total. The third-order valence-corrected chi connectivity index (χ3v) is 1.73. The molecule has 61 valence electrons. The molecule has 11 heavy (non-hydrogen) atoms. The van der Waals surface area contributed by atoms with Gasteiger partial charge in [0.15, 0.2) is 0 Å². The molecule has 1 aliphatic heterocycles. The van der Waals surface area contributed by atoms with Crippen molar-refractivity contribution in [2.45, 2.75) is 20.3 Å². The maximum atomic E-state index is 5.25. The Kier molecular flexibility index (Phi) is 3.02. The van der Waals surface area contributed by atoms with E-state index in [4.69, 9.17) is 9.47 Å². The normalized spacial score (nSPS) is 15.7. The molecule has 0 aromatic carbocycles. The van der Waals surface area contributed by atoms with Crippen LogP contribution in [0.5, 0.6) is 0 Å². The predicted molar refractivity (Wildman–Crippen MR) is 43.1 cm³/mol. The van der Waals surface area contributed by atoms with E-state index in [9.17, 15) is 0 Å². The molecule has 1 aliphatic rings. The zero-order chi connectivity index (χ0) is 8.10. The SMILES string of the molecule is C[CH]C(CC)C1=COC=CO1. The molecule has 0 amide bonds. The van der Waals surface area contributed by atoms with Gasteiger partial charge in [0, 0.05) is 5.92 Å². The molecular weight excluding hydrogens is 140 g/mol. The Hall–Kier alpha value is -0.920. The fraction of sp³-hybridized carbons (Fsp3) is 0.444. The highest BCUT2D eigenvalue weighted by molar-refractivity contribution is 5.03. The van der Waals surface area contributed by atoms with Crippen LogP contribution in [0.4, 0.5) is 0 Å². The molecule has 0 spiro atoms. The van der Waals surface area contributed by atoms with Gasteiger partial charge in [-0.05, 0) is 12.8 Å². The van der Waals surface area contributed by atoms with Crippen LogP contribution in [0.1, 0.15) is 20.3 Å². The van der Waals surface area contributed by atoms with Crippen LogP contribution in [-0.4, -0.2) is 0 Å². The van der Waals surface area contributed by atoms with Crippen molar-refractivity contribution in [3.05, 3.63) is 31.0 Å². The van der Waals surface area contributed by atoms with Crippen molar-refractivity contribution >= 4 is 0 Å². The van der Waals surface area contributed by atoms with Crippen LogP contribution in [0.25, 0.3) is 0 Å². The molecule has 0 saturated heterocycles. The van der Waals surface area contributed by atoms with E-state index in [-0.39, 0.29) is 0 Å². The standard InChI is InChI=1S/C9H13O2/c1-3-8(4-2)9-7-10-5-6-11-9/h3,5-8H,4H2,1-2H3. The van der Waals surface area contributed by atoms with Crippen molar-refractivity contribution in [1.29, 1.82) is 0 Å². The minimum Gasteiger partial charge on any atom is -0.466 e. The van der Waals surface area contributed by atoms with Gasteiger partial charge in [0.05, 0.1) is 0 Å². The zero-order valence-corrected chi connectivity index (χ0v) is 6.91. The van der Waals surface area contributed by atoms with E-state index in [0.717, 1.165) is 12.2 Å². The summed E-state index contributed by atoms with van der Waals surface area (Å²) in [5, 5.41) is 0. The van der Waals surface area contributed by atoms with E-state index in [1.165, 1.54) is 6.26 Å². The summed E-state index contributed by atoms with van der Waals surface area (Å²) in [6, 6.07) is 0. The summed E-state index contributed by atoms with van der Waals surface area (Å²) in [5.41, 5.74) is 0. The second-order valence-corrected chi connectivity index (χ2v) is 2.39. The smallest absolute Gasteiger partial charge is 0.142 e. The van der Waals surface area contributed by atoms with Gasteiger partial charge in [-0.2, -0.15) is 0 Å². The Balaban J connectivity index is 2.50. The first kappa shape index (κ1) is 8.18. The number of hydrogen-bond donors (Lipinski definition) is 0. The second kappa shape index (κ2) is 4.06. The molecule has 1 radical (unpaired) electrons. The molecule has 0 saturated carbocycles. The number of allylic oxidation sites excluding steroid dienone is 1. The van der Waals surface area contributed by atoms with Gasteiger partial charge in [-0.1, -0.05) is 13.8 Å². The third-order valence-electron chi connectivity index (χ3n) is 1.73. The summed E-state index contributed by atoms with van der Waals surface area (Å²) in [6.07, 6.45) is 7.87. The van der Waals surface area contributed by atoms with Gasteiger partial charge in [-0.3, -0.25) is 0 Å². The highest BCUT2D eigenvalue weighted by Crippen LogP contribution is 2.21. The fourth-order valence-electron chi connectivity index (χ4n) is 1.05. The average molecular weight is 153 g/mol. The summed E-state index contributed by atoms with van der Waals surface area (Å²) in [4.78, 5) is 0. The van der Waals surface area contributed by atoms with Crippen LogP contribution in [0.2, 0.25) is 0 Å². The molecule has 0 aliphatic carbocycles. The van der Waals surface area contributed by atoms with Crippen LogP contribution in [-0.2, 0) is 9.47 Å². The molecule has 0 bridgehead atoms. The molecule has 0 aromatic rings. The molecule has 1 rings (SSSR count). The molecule has 1 atom stereocenters. The van der Waals surface area contributed by atoms with Crippen molar-refractivity contribution in [2.24, 2.45) is 5.92 Å². The molecule has 0 aromatic heterocycles. The topological polar surface area (TPSA) is 18.5 Å². The monoisotopic (exact) mass is 153 g/mol. The number of hydrogen-bond acceptors (Lipinski definition) is 2. The van der Waals surface area contributed by atoms with Gasteiger partial charge < -0.3 is 9.47 Å². The molecule has 0 fully saturated rings. The Morgan fingerprint density at radius 3 is 2.82 bits per heavy atom. The average Bonchev–Trinajstić information content (AvgIpc) is 2.09. The highest BCUT2D eigenvalue weighted by atomic mass is 16.5. The Bertz CT molecular complexity index is 166. The van der Waals surface area contributed by atoms with Crippen molar-refractivity contribution in [1.82, 2.24) is 0 Å². The van der Waals surface area contributed by atoms with E-state index < -0.39 is 0 Å². The zero-order valence-electron chi connectivity index (χ0n) is 6.91. The van der Waals surface area contributed by atoms with E-state index in [2.05, 4.69) is 13.3 Å². The summed E-state index contributed by atoms with van der Waals surface area (Å²) >= 11 is 0. The quantitative estimate of drug-likeness (QED) is 0.620. The second-order valence-electron chi connectivity index (χ2n) is 2.39. The van der Waals surface area contributed by atoms with Crippen molar-refractivity contribution in [3.63, 3.8) is 0 Å². The summed E-state index contributed by atoms with van der Waals surface area (Å²) in [7, 11) is 0. The fourth-order valence-corrected chi connectivity index (χ4v) is 1.05. The Morgan fingerprint density at radius 2 is 2.36 bits per heavy atom. The molecule has 2 heteroatoms. The largest absolute Gasteiger partial charge is 0.466 e. The van der Waals surface area contributed by atoms with Gasteiger partial charge in [0.1, 0.15) is 24.5 Å². The van der Waals surface area contributed by atoms with Crippen LogP contribution in [0.15, 0.2) is 24.5 Å². The van der Waals surface area contributed by atoms with Gasteiger partial charge in [0.2, 0.25) is 0 Å². The van der Waals surface area contributed by atoms with Crippen molar-refractivity contribution in [3.8, 4) is 0 Å². The summed E-state index contributed by atoms with van der Waals surface area (Å²) in [6.45, 7) is 4.14. The van der Waals surface area contributed by atoms with Gasteiger partial charge in [-0.25, -0.2) is 0 Å². The van der Waals surface area contributed by atoms with E-state index >= 15 is 0 Å². The van der Waals surface area contributed by atoms with Gasteiger partial charge >= 0.3 is 0 Å². The number of ether oxygens (including phenoxy) is 2. The first-order valence-electron chi connectivity index (χ1n) is 3.85.